The molecule has 2 atom stereocenters. The van der Waals surface area contributed by atoms with Crippen LogP contribution >= 0.6 is 11.3 Å². The van der Waals surface area contributed by atoms with E-state index in [2.05, 4.69) is 20.0 Å². The quantitative estimate of drug-likeness (QED) is 0.611. The lowest BCUT2D eigenvalue weighted by atomic mass is 9.92. The lowest BCUT2D eigenvalue weighted by molar-refractivity contribution is -0.129. The van der Waals surface area contributed by atoms with E-state index in [9.17, 15) is 18.0 Å². The maximum absolute atomic E-state index is 12.8. The van der Waals surface area contributed by atoms with E-state index in [4.69, 9.17) is 0 Å². The standard InChI is InChI=1S/C20H21F3N6OS/c1-27-8-12(7-26-27)9-29-16-10-28(3-2-13(16)4-17(29)30)18-15-5-14(6-20(21,22)23)31-19(15)25-11-24-18/h5,7-8,11,13,16H,2-4,6,9-10H2,1H3/t13-,16-/m1/s1. The number of fused-ring (bicyclic) bond motifs is 2. The summed E-state index contributed by atoms with van der Waals surface area (Å²) in [5.41, 5.74) is 0.979. The Morgan fingerprint density at radius 1 is 1.29 bits per heavy atom. The van der Waals surface area contributed by atoms with Crippen LogP contribution in [-0.4, -0.2) is 55.9 Å². The molecule has 0 radical (unpaired) electrons. The lowest BCUT2D eigenvalue weighted by Crippen LogP contribution is -2.48. The molecular formula is C20H21F3N6OS. The third-order valence-corrected chi connectivity index (χ3v) is 7.07. The number of aryl methyl sites for hydroxylation is 1. The van der Waals surface area contributed by atoms with E-state index >= 15 is 0 Å². The maximum atomic E-state index is 12.8. The average molecular weight is 450 g/mol. The summed E-state index contributed by atoms with van der Waals surface area (Å²) in [6, 6.07) is 1.60. The van der Waals surface area contributed by atoms with Gasteiger partial charge in [-0.15, -0.1) is 11.3 Å². The van der Waals surface area contributed by atoms with Gasteiger partial charge in [-0.05, 0) is 18.4 Å². The van der Waals surface area contributed by atoms with Gasteiger partial charge in [0, 0.05) is 49.7 Å². The number of thiophene rings is 1. The van der Waals surface area contributed by atoms with Crippen LogP contribution < -0.4 is 4.90 Å². The Hall–Kier alpha value is -2.69. The van der Waals surface area contributed by atoms with Crippen molar-refractivity contribution in [1.29, 1.82) is 0 Å². The highest BCUT2D eigenvalue weighted by Gasteiger charge is 2.43. The molecular weight excluding hydrogens is 429 g/mol. The van der Waals surface area contributed by atoms with Crippen LogP contribution in [0.5, 0.6) is 0 Å². The van der Waals surface area contributed by atoms with Crippen molar-refractivity contribution in [3.8, 4) is 0 Å². The van der Waals surface area contributed by atoms with Crippen LogP contribution in [0, 0.1) is 5.92 Å². The third-order valence-electron chi connectivity index (χ3n) is 6.02. The van der Waals surface area contributed by atoms with Crippen molar-refractivity contribution in [3.05, 3.63) is 35.2 Å². The zero-order valence-electron chi connectivity index (χ0n) is 16.8. The second-order valence-electron chi connectivity index (χ2n) is 8.23. The first kappa shape index (κ1) is 20.2. The fourth-order valence-electron chi connectivity index (χ4n) is 4.68. The molecule has 1 amide bonds. The Morgan fingerprint density at radius 2 is 2.13 bits per heavy atom. The molecule has 3 aromatic heterocycles. The van der Waals surface area contributed by atoms with Crippen molar-refractivity contribution in [2.75, 3.05) is 18.0 Å². The van der Waals surface area contributed by atoms with E-state index in [-0.39, 0.29) is 22.7 Å². The van der Waals surface area contributed by atoms with Gasteiger partial charge in [-0.1, -0.05) is 0 Å². The molecule has 0 aromatic carbocycles. The van der Waals surface area contributed by atoms with Gasteiger partial charge < -0.3 is 9.80 Å². The number of carbonyl (C=O) groups is 1. The number of halogens is 3. The van der Waals surface area contributed by atoms with Gasteiger partial charge >= 0.3 is 6.18 Å². The van der Waals surface area contributed by atoms with E-state index in [1.165, 1.54) is 6.33 Å². The molecule has 164 valence electrons. The molecule has 0 bridgehead atoms. The number of piperidine rings is 1. The number of likely N-dealkylation sites (tertiary alicyclic amines) is 1. The van der Waals surface area contributed by atoms with Crippen LogP contribution in [0.3, 0.4) is 0 Å². The van der Waals surface area contributed by atoms with Gasteiger partial charge in [-0.2, -0.15) is 18.3 Å². The smallest absolute Gasteiger partial charge is 0.354 e. The van der Waals surface area contributed by atoms with E-state index in [1.54, 1.807) is 16.9 Å². The lowest BCUT2D eigenvalue weighted by Gasteiger charge is -2.39. The average Bonchev–Trinajstić information content (AvgIpc) is 3.37. The Labute approximate surface area is 180 Å². The minimum Gasteiger partial charge on any atom is -0.354 e. The van der Waals surface area contributed by atoms with E-state index in [0.717, 1.165) is 23.3 Å². The zero-order valence-corrected chi connectivity index (χ0v) is 17.7. The molecule has 5 rings (SSSR count). The summed E-state index contributed by atoms with van der Waals surface area (Å²) in [5, 5.41) is 4.83. The van der Waals surface area contributed by atoms with Gasteiger partial charge in [0.25, 0.3) is 0 Å². The fraction of sp³-hybridized carbons (Fsp3) is 0.500. The SMILES string of the molecule is Cn1cc(CN2C(=O)C[C@H]3CCN(c4ncnc5sc(CC(F)(F)F)cc45)C[C@H]32)cn1. The number of aromatic nitrogens is 4. The van der Waals surface area contributed by atoms with Gasteiger partial charge in [-0.25, -0.2) is 9.97 Å². The predicted octanol–water partition coefficient (Wildman–Crippen LogP) is 3.16. The first-order valence-corrected chi connectivity index (χ1v) is 10.9. The summed E-state index contributed by atoms with van der Waals surface area (Å²) < 4.78 is 40.3. The molecule has 0 spiro atoms. The highest BCUT2D eigenvalue weighted by molar-refractivity contribution is 7.18. The van der Waals surface area contributed by atoms with Gasteiger partial charge in [0.05, 0.1) is 24.0 Å². The first-order valence-electron chi connectivity index (χ1n) is 10.1. The Morgan fingerprint density at radius 3 is 2.87 bits per heavy atom. The summed E-state index contributed by atoms with van der Waals surface area (Å²) in [7, 11) is 1.84. The van der Waals surface area contributed by atoms with Crippen LogP contribution in [-0.2, 0) is 24.8 Å². The number of hydrogen-bond acceptors (Lipinski definition) is 6. The van der Waals surface area contributed by atoms with Crippen LogP contribution in [0.1, 0.15) is 23.3 Å². The fourth-order valence-corrected chi connectivity index (χ4v) is 5.70. The summed E-state index contributed by atoms with van der Waals surface area (Å²) in [6.45, 7) is 1.83. The number of anilines is 1. The number of rotatable bonds is 4. The number of alkyl halides is 3. The molecule has 11 heteroatoms. The Kier molecular flexibility index (Phi) is 4.87. The van der Waals surface area contributed by atoms with E-state index in [0.29, 0.717) is 42.1 Å². The Bertz CT molecular complexity index is 1130. The second kappa shape index (κ2) is 7.47. The van der Waals surface area contributed by atoms with Crippen LogP contribution in [0.25, 0.3) is 10.2 Å². The maximum Gasteiger partial charge on any atom is 0.393 e. The monoisotopic (exact) mass is 450 g/mol. The van der Waals surface area contributed by atoms with Crippen molar-refractivity contribution in [3.63, 3.8) is 0 Å². The number of amides is 1. The van der Waals surface area contributed by atoms with Gasteiger partial charge in [0.1, 0.15) is 17.0 Å². The number of hydrogen-bond donors (Lipinski definition) is 0. The minimum atomic E-state index is -4.26. The molecule has 2 aliphatic rings. The molecule has 0 aliphatic carbocycles. The predicted molar refractivity (Wildman–Crippen MR) is 110 cm³/mol. The van der Waals surface area contributed by atoms with E-state index in [1.807, 2.05) is 18.1 Å². The molecule has 3 aromatic rings. The van der Waals surface area contributed by atoms with E-state index < -0.39 is 12.6 Å². The van der Waals surface area contributed by atoms with Crippen LogP contribution in [0.2, 0.25) is 0 Å². The molecule has 0 N–H and O–H groups in total. The van der Waals surface area contributed by atoms with Crippen molar-refractivity contribution < 1.29 is 18.0 Å². The van der Waals surface area contributed by atoms with Gasteiger partial charge in [-0.3, -0.25) is 9.48 Å². The molecule has 2 fully saturated rings. The summed E-state index contributed by atoms with van der Waals surface area (Å²) >= 11 is 1.06. The first-order chi connectivity index (χ1) is 14.8. The zero-order chi connectivity index (χ0) is 21.8. The Balaban J connectivity index is 1.40. The van der Waals surface area contributed by atoms with Crippen molar-refractivity contribution >= 4 is 33.3 Å². The van der Waals surface area contributed by atoms with Crippen molar-refractivity contribution in [2.24, 2.45) is 13.0 Å². The normalized spacial score (nSPS) is 21.9. The third kappa shape index (κ3) is 3.98. The molecule has 5 heterocycles. The molecule has 2 aliphatic heterocycles. The van der Waals surface area contributed by atoms with Crippen LogP contribution in [0.15, 0.2) is 24.8 Å². The highest BCUT2D eigenvalue weighted by atomic mass is 32.1. The van der Waals surface area contributed by atoms with Crippen LogP contribution in [0.4, 0.5) is 19.0 Å². The van der Waals surface area contributed by atoms with Gasteiger partial charge in [0.2, 0.25) is 5.91 Å². The largest absolute Gasteiger partial charge is 0.393 e. The summed E-state index contributed by atoms with van der Waals surface area (Å²) in [5.74, 6) is 1.06. The van der Waals surface area contributed by atoms with Crippen molar-refractivity contribution in [2.45, 2.75) is 38.0 Å². The molecule has 0 unspecified atom stereocenters. The molecule has 7 nitrogen and oxygen atoms in total. The molecule has 2 saturated heterocycles. The van der Waals surface area contributed by atoms with Crippen molar-refractivity contribution in [1.82, 2.24) is 24.6 Å². The minimum absolute atomic E-state index is 0.0414. The van der Waals surface area contributed by atoms with Gasteiger partial charge in [0.15, 0.2) is 0 Å². The molecule has 0 saturated carbocycles. The molecule has 31 heavy (non-hydrogen) atoms. The number of nitrogens with zero attached hydrogens (tertiary/aromatic N) is 6. The second-order valence-corrected chi connectivity index (χ2v) is 9.35. The highest BCUT2D eigenvalue weighted by Crippen LogP contribution is 2.38. The summed E-state index contributed by atoms with van der Waals surface area (Å²) in [6.07, 6.45) is 1.22. The topological polar surface area (TPSA) is 67.2 Å². The summed E-state index contributed by atoms with van der Waals surface area (Å²) in [4.78, 5) is 26.1. The number of carbonyl (C=O) groups excluding carboxylic acids is 1.